The van der Waals surface area contributed by atoms with E-state index in [1.165, 1.54) is 11.8 Å². The normalized spacial score (nSPS) is 10.9. The van der Waals surface area contributed by atoms with Gasteiger partial charge in [0.1, 0.15) is 5.75 Å². The molecule has 0 amide bonds. The van der Waals surface area contributed by atoms with E-state index in [0.29, 0.717) is 29.2 Å². The van der Waals surface area contributed by atoms with Gasteiger partial charge >= 0.3 is 0 Å². The van der Waals surface area contributed by atoms with Crippen LogP contribution in [0.3, 0.4) is 0 Å². The molecule has 2 heterocycles. The molecule has 0 aliphatic carbocycles. The van der Waals surface area contributed by atoms with Gasteiger partial charge in [0.2, 0.25) is 16.9 Å². The first-order valence-corrected chi connectivity index (χ1v) is 9.20. The van der Waals surface area contributed by atoms with Crippen LogP contribution in [0.25, 0.3) is 11.5 Å². The number of thioether (sulfide) groups is 1. The standard InChI is InChI=1S/C18H16N6O2S/c1-25-15-9-7-14(8-10-15)17-20-19-16(26-17)12-27-18-21-22-23-24(18)11-13-5-3-2-4-6-13/h2-10H,11-12H2,1H3. The number of tetrazole rings is 1. The molecular weight excluding hydrogens is 364 g/mol. The van der Waals surface area contributed by atoms with Crippen molar-refractivity contribution in [3.8, 4) is 17.2 Å². The third-order valence-corrected chi connectivity index (χ3v) is 4.74. The van der Waals surface area contributed by atoms with Crippen molar-refractivity contribution in [1.82, 2.24) is 30.4 Å². The molecule has 0 fully saturated rings. The second-order valence-corrected chi connectivity index (χ2v) is 6.57. The van der Waals surface area contributed by atoms with Crippen LogP contribution in [0.4, 0.5) is 0 Å². The Hall–Kier alpha value is -3.20. The van der Waals surface area contributed by atoms with E-state index in [-0.39, 0.29) is 0 Å². The summed E-state index contributed by atoms with van der Waals surface area (Å²) in [6, 6.07) is 17.5. The number of hydrogen-bond donors (Lipinski definition) is 0. The molecule has 8 nitrogen and oxygen atoms in total. The zero-order chi connectivity index (χ0) is 18.5. The number of ether oxygens (including phenoxy) is 1. The van der Waals surface area contributed by atoms with Gasteiger partial charge in [-0.05, 0) is 40.3 Å². The van der Waals surface area contributed by atoms with Gasteiger partial charge in [0.25, 0.3) is 0 Å². The Kier molecular flexibility index (Phi) is 5.10. The maximum Gasteiger partial charge on any atom is 0.247 e. The molecule has 27 heavy (non-hydrogen) atoms. The minimum atomic E-state index is 0.470. The largest absolute Gasteiger partial charge is 0.497 e. The van der Waals surface area contributed by atoms with E-state index < -0.39 is 0 Å². The molecule has 4 rings (SSSR count). The van der Waals surface area contributed by atoms with E-state index in [1.54, 1.807) is 11.8 Å². The van der Waals surface area contributed by atoms with Crippen molar-refractivity contribution in [3.05, 3.63) is 66.1 Å². The van der Waals surface area contributed by atoms with Crippen LogP contribution in [0.2, 0.25) is 0 Å². The average molecular weight is 380 g/mol. The SMILES string of the molecule is COc1ccc(-c2nnc(CSc3nnnn3Cc3ccccc3)o2)cc1. The van der Waals surface area contributed by atoms with Crippen LogP contribution in [0.15, 0.2) is 64.2 Å². The lowest BCUT2D eigenvalue weighted by molar-refractivity contribution is 0.415. The van der Waals surface area contributed by atoms with Crippen LogP contribution in [0, 0.1) is 0 Å². The lowest BCUT2D eigenvalue weighted by Crippen LogP contribution is -2.03. The molecule has 0 N–H and O–H groups in total. The monoisotopic (exact) mass is 380 g/mol. The summed E-state index contributed by atoms with van der Waals surface area (Å²) in [6.07, 6.45) is 0. The molecule has 0 aliphatic heterocycles. The van der Waals surface area contributed by atoms with Crippen LogP contribution in [-0.4, -0.2) is 37.5 Å². The Morgan fingerprint density at radius 1 is 1.00 bits per heavy atom. The Balaban J connectivity index is 1.41. The first-order valence-electron chi connectivity index (χ1n) is 8.21. The van der Waals surface area contributed by atoms with Crippen molar-refractivity contribution < 1.29 is 9.15 Å². The summed E-state index contributed by atoms with van der Waals surface area (Å²) < 4.78 is 12.6. The number of benzene rings is 2. The van der Waals surface area contributed by atoms with Crippen molar-refractivity contribution in [2.24, 2.45) is 0 Å². The number of hydrogen-bond acceptors (Lipinski definition) is 8. The zero-order valence-electron chi connectivity index (χ0n) is 14.5. The predicted molar refractivity (Wildman–Crippen MR) is 99.2 cm³/mol. The van der Waals surface area contributed by atoms with Crippen LogP contribution >= 0.6 is 11.8 Å². The van der Waals surface area contributed by atoms with E-state index >= 15 is 0 Å². The van der Waals surface area contributed by atoms with Crippen LogP contribution in [-0.2, 0) is 12.3 Å². The third kappa shape index (κ3) is 4.14. The Morgan fingerprint density at radius 2 is 1.81 bits per heavy atom. The van der Waals surface area contributed by atoms with Gasteiger partial charge in [-0.15, -0.1) is 15.3 Å². The Bertz CT molecular complexity index is 1000. The van der Waals surface area contributed by atoms with Gasteiger partial charge in [-0.25, -0.2) is 4.68 Å². The molecule has 0 unspecified atom stereocenters. The summed E-state index contributed by atoms with van der Waals surface area (Å²) in [5, 5.41) is 20.8. The lowest BCUT2D eigenvalue weighted by Gasteiger charge is -2.03. The highest BCUT2D eigenvalue weighted by Crippen LogP contribution is 2.24. The molecule has 0 radical (unpaired) electrons. The molecule has 4 aromatic rings. The highest BCUT2D eigenvalue weighted by atomic mass is 32.2. The topological polar surface area (TPSA) is 91.8 Å². The zero-order valence-corrected chi connectivity index (χ0v) is 15.3. The summed E-state index contributed by atoms with van der Waals surface area (Å²) in [7, 11) is 1.63. The summed E-state index contributed by atoms with van der Waals surface area (Å²) in [5.74, 6) is 2.25. The lowest BCUT2D eigenvalue weighted by atomic mass is 10.2. The van der Waals surface area contributed by atoms with E-state index in [1.807, 2.05) is 54.6 Å². The van der Waals surface area contributed by atoms with E-state index in [2.05, 4.69) is 25.7 Å². The minimum absolute atomic E-state index is 0.470. The third-order valence-electron chi connectivity index (χ3n) is 3.80. The molecule has 0 saturated heterocycles. The second-order valence-electron chi connectivity index (χ2n) is 5.62. The van der Waals surface area contributed by atoms with Crippen molar-refractivity contribution in [3.63, 3.8) is 0 Å². The molecule has 0 aliphatic rings. The van der Waals surface area contributed by atoms with Crippen LogP contribution in [0.1, 0.15) is 11.5 Å². The molecule has 9 heteroatoms. The van der Waals surface area contributed by atoms with Gasteiger partial charge in [0, 0.05) is 5.56 Å². The van der Waals surface area contributed by atoms with Crippen molar-refractivity contribution in [2.75, 3.05) is 7.11 Å². The first kappa shape index (κ1) is 17.2. The van der Waals surface area contributed by atoms with Crippen molar-refractivity contribution in [1.29, 1.82) is 0 Å². The summed E-state index contributed by atoms with van der Waals surface area (Å²) in [4.78, 5) is 0. The van der Waals surface area contributed by atoms with Gasteiger partial charge in [0.15, 0.2) is 0 Å². The molecule has 136 valence electrons. The fraction of sp³-hybridized carbons (Fsp3) is 0.167. The Morgan fingerprint density at radius 3 is 2.59 bits per heavy atom. The predicted octanol–water partition coefficient (Wildman–Crippen LogP) is 3.07. The average Bonchev–Trinajstić information content (AvgIpc) is 3.37. The summed E-state index contributed by atoms with van der Waals surface area (Å²) in [5.41, 5.74) is 1.97. The molecular formula is C18H16N6O2S. The quantitative estimate of drug-likeness (QED) is 0.452. The van der Waals surface area contributed by atoms with Crippen LogP contribution < -0.4 is 4.74 Å². The van der Waals surface area contributed by atoms with Crippen molar-refractivity contribution >= 4 is 11.8 Å². The molecule has 0 spiro atoms. The molecule has 0 atom stereocenters. The van der Waals surface area contributed by atoms with Gasteiger partial charge < -0.3 is 9.15 Å². The van der Waals surface area contributed by atoms with E-state index in [9.17, 15) is 0 Å². The van der Waals surface area contributed by atoms with Crippen molar-refractivity contribution in [2.45, 2.75) is 17.5 Å². The molecule has 2 aromatic heterocycles. The maximum atomic E-state index is 5.74. The van der Waals surface area contributed by atoms with Crippen LogP contribution in [0.5, 0.6) is 5.75 Å². The highest BCUT2D eigenvalue weighted by molar-refractivity contribution is 7.98. The summed E-state index contributed by atoms with van der Waals surface area (Å²) >= 11 is 1.45. The Labute approximate surface area is 159 Å². The van der Waals surface area contributed by atoms with E-state index in [4.69, 9.17) is 9.15 Å². The maximum absolute atomic E-state index is 5.74. The molecule has 2 aromatic carbocycles. The van der Waals surface area contributed by atoms with Gasteiger partial charge in [-0.2, -0.15) is 0 Å². The van der Waals surface area contributed by atoms with Gasteiger partial charge in [0.05, 0.1) is 19.4 Å². The highest BCUT2D eigenvalue weighted by Gasteiger charge is 2.12. The summed E-state index contributed by atoms with van der Waals surface area (Å²) in [6.45, 7) is 0.608. The van der Waals surface area contributed by atoms with Gasteiger partial charge in [-0.3, -0.25) is 0 Å². The molecule has 0 saturated carbocycles. The molecule has 0 bridgehead atoms. The van der Waals surface area contributed by atoms with Gasteiger partial charge in [-0.1, -0.05) is 42.1 Å². The van der Waals surface area contributed by atoms with E-state index in [0.717, 1.165) is 16.9 Å². The number of nitrogens with zero attached hydrogens (tertiary/aromatic N) is 6. The smallest absolute Gasteiger partial charge is 0.247 e. The number of rotatable bonds is 7. The number of methoxy groups -OCH3 is 1. The fourth-order valence-corrected chi connectivity index (χ4v) is 3.16. The first-order chi connectivity index (χ1) is 13.3. The fourth-order valence-electron chi connectivity index (χ4n) is 2.44. The second kappa shape index (κ2) is 8.00. The number of aromatic nitrogens is 6. The minimum Gasteiger partial charge on any atom is -0.497 e.